The summed E-state index contributed by atoms with van der Waals surface area (Å²) in [6, 6.07) is 5.21. The van der Waals surface area contributed by atoms with Crippen molar-refractivity contribution >= 4 is 23.5 Å². The maximum absolute atomic E-state index is 11.8. The smallest absolute Gasteiger partial charge is 0.311 e. The van der Waals surface area contributed by atoms with E-state index in [0.717, 1.165) is 44.1 Å². The van der Waals surface area contributed by atoms with Gasteiger partial charge in [-0.05, 0) is 49.4 Å². The Hall–Kier alpha value is -1.55. The van der Waals surface area contributed by atoms with Crippen LogP contribution in [0.3, 0.4) is 0 Å². The number of unbranched alkanes of at least 4 members (excludes halogenated alkanes) is 5. The number of benzene rings is 1. The van der Waals surface area contributed by atoms with Gasteiger partial charge in [-0.2, -0.15) is 0 Å². The molecule has 0 heterocycles. The first-order valence-electron chi connectivity index (χ1n) is 9.51. The van der Waals surface area contributed by atoms with Gasteiger partial charge in [0, 0.05) is 17.9 Å². The van der Waals surface area contributed by atoms with E-state index < -0.39 is 0 Å². The Kier molecular flexibility index (Phi) is 11.0. The lowest BCUT2D eigenvalue weighted by Crippen LogP contribution is -2.09. The van der Waals surface area contributed by atoms with Gasteiger partial charge in [-0.15, -0.1) is 0 Å². The molecule has 1 aromatic rings. The van der Waals surface area contributed by atoms with Crippen LogP contribution in [0.4, 0.5) is 0 Å². The molecule has 0 amide bonds. The summed E-state index contributed by atoms with van der Waals surface area (Å²) in [6.07, 6.45) is 6.76. The molecule has 146 valence electrons. The molecule has 4 nitrogen and oxygen atoms in total. The van der Waals surface area contributed by atoms with E-state index in [4.69, 9.17) is 21.1 Å². The molecule has 0 saturated carbocycles. The largest absolute Gasteiger partial charge is 0.465 e. The molecule has 26 heavy (non-hydrogen) atoms. The molecule has 0 aromatic heterocycles. The zero-order valence-electron chi connectivity index (χ0n) is 16.2. The van der Waals surface area contributed by atoms with Crippen molar-refractivity contribution < 1.29 is 19.1 Å². The number of rotatable bonds is 12. The Morgan fingerprint density at radius 2 is 1.54 bits per heavy atom. The van der Waals surface area contributed by atoms with Crippen LogP contribution in [0.15, 0.2) is 18.2 Å². The second kappa shape index (κ2) is 12.7. The molecule has 0 aliphatic rings. The van der Waals surface area contributed by atoms with Crippen molar-refractivity contribution in [3.63, 3.8) is 0 Å². The maximum atomic E-state index is 11.8. The van der Waals surface area contributed by atoms with Crippen molar-refractivity contribution in [3.8, 4) is 5.75 Å². The molecule has 0 atom stereocenters. The van der Waals surface area contributed by atoms with Crippen LogP contribution in [0.25, 0.3) is 0 Å². The van der Waals surface area contributed by atoms with Gasteiger partial charge in [0.25, 0.3) is 0 Å². The van der Waals surface area contributed by atoms with E-state index in [0.29, 0.717) is 36.1 Å². The summed E-state index contributed by atoms with van der Waals surface area (Å²) in [5, 5.41) is 0.665. The van der Waals surface area contributed by atoms with Crippen LogP contribution in [0.5, 0.6) is 5.75 Å². The molecular weight excluding hydrogens is 352 g/mol. The number of carbonyl (C=O) groups excluding carboxylic acids is 2. The second-order valence-corrected chi connectivity index (χ2v) is 7.49. The van der Waals surface area contributed by atoms with Crippen molar-refractivity contribution in [2.75, 3.05) is 6.61 Å². The van der Waals surface area contributed by atoms with Crippen LogP contribution in [0, 0.1) is 12.8 Å². The quantitative estimate of drug-likeness (QED) is 0.257. The van der Waals surface area contributed by atoms with Gasteiger partial charge in [-0.1, -0.05) is 51.1 Å². The van der Waals surface area contributed by atoms with Crippen molar-refractivity contribution in [2.24, 2.45) is 5.92 Å². The SMILES string of the molecule is Cc1cc(OC(=O)CCCCCCCCC(=O)OCC(C)C)ccc1Cl. The fraction of sp³-hybridized carbons (Fsp3) is 0.619. The van der Waals surface area contributed by atoms with Gasteiger partial charge >= 0.3 is 11.9 Å². The molecule has 0 unspecified atom stereocenters. The minimum absolute atomic E-state index is 0.0983. The van der Waals surface area contributed by atoms with Crippen LogP contribution < -0.4 is 4.74 Å². The molecule has 0 spiro atoms. The molecule has 0 saturated heterocycles. The Bertz CT molecular complexity index is 569. The number of aryl methyl sites for hydroxylation is 1. The summed E-state index contributed by atoms with van der Waals surface area (Å²) in [5.41, 5.74) is 0.894. The van der Waals surface area contributed by atoms with Gasteiger partial charge in [-0.3, -0.25) is 9.59 Å². The predicted molar refractivity (Wildman–Crippen MR) is 105 cm³/mol. The molecule has 5 heteroatoms. The normalized spacial score (nSPS) is 10.8. The maximum Gasteiger partial charge on any atom is 0.311 e. The van der Waals surface area contributed by atoms with E-state index in [9.17, 15) is 9.59 Å². The summed E-state index contributed by atoms with van der Waals surface area (Å²) in [7, 11) is 0. The Balaban J connectivity index is 2.00. The Labute approximate surface area is 162 Å². The second-order valence-electron chi connectivity index (χ2n) is 7.08. The summed E-state index contributed by atoms with van der Waals surface area (Å²) < 4.78 is 10.5. The third kappa shape index (κ3) is 10.4. The monoisotopic (exact) mass is 382 g/mol. The lowest BCUT2D eigenvalue weighted by Gasteiger charge is -2.07. The van der Waals surface area contributed by atoms with Gasteiger partial charge in [0.05, 0.1) is 6.61 Å². The first-order chi connectivity index (χ1) is 12.4. The van der Waals surface area contributed by atoms with Crippen LogP contribution in [-0.4, -0.2) is 18.5 Å². The van der Waals surface area contributed by atoms with E-state index >= 15 is 0 Å². The van der Waals surface area contributed by atoms with Gasteiger partial charge in [-0.25, -0.2) is 0 Å². The molecule has 1 rings (SSSR count). The molecule has 0 aliphatic heterocycles. The van der Waals surface area contributed by atoms with Crippen molar-refractivity contribution in [3.05, 3.63) is 28.8 Å². The van der Waals surface area contributed by atoms with E-state index in [-0.39, 0.29) is 11.9 Å². The highest BCUT2D eigenvalue weighted by molar-refractivity contribution is 6.31. The zero-order chi connectivity index (χ0) is 19.4. The fourth-order valence-electron chi connectivity index (χ4n) is 2.44. The minimum atomic E-state index is -0.209. The molecule has 0 fully saturated rings. The van der Waals surface area contributed by atoms with Crippen LogP contribution in [0.2, 0.25) is 5.02 Å². The highest BCUT2D eigenvalue weighted by Gasteiger charge is 2.07. The van der Waals surface area contributed by atoms with Gasteiger partial charge in [0.2, 0.25) is 0 Å². The summed E-state index contributed by atoms with van der Waals surface area (Å²) in [6.45, 7) is 6.44. The molecule has 1 aromatic carbocycles. The zero-order valence-corrected chi connectivity index (χ0v) is 16.9. The van der Waals surface area contributed by atoms with Crippen molar-refractivity contribution in [1.29, 1.82) is 0 Å². The number of esters is 2. The van der Waals surface area contributed by atoms with Crippen molar-refractivity contribution in [2.45, 2.75) is 72.1 Å². The summed E-state index contributed by atoms with van der Waals surface area (Å²) >= 11 is 5.95. The molecule has 0 aliphatic carbocycles. The number of carbonyl (C=O) groups is 2. The first-order valence-corrected chi connectivity index (χ1v) is 9.88. The van der Waals surface area contributed by atoms with Crippen LogP contribution in [-0.2, 0) is 14.3 Å². The standard InChI is InChI=1S/C21H31ClO4/c1-16(2)15-25-20(23)10-8-6-4-5-7-9-11-21(24)26-18-12-13-19(22)17(3)14-18/h12-14,16H,4-11,15H2,1-3H3. The number of ether oxygens (including phenoxy) is 2. The van der Waals surface area contributed by atoms with Gasteiger partial charge in [0.15, 0.2) is 0 Å². The number of halogens is 1. The van der Waals surface area contributed by atoms with Gasteiger partial charge < -0.3 is 9.47 Å². The lowest BCUT2D eigenvalue weighted by atomic mass is 10.1. The number of hydrogen-bond donors (Lipinski definition) is 0. The van der Waals surface area contributed by atoms with E-state index in [2.05, 4.69) is 0 Å². The fourth-order valence-corrected chi connectivity index (χ4v) is 2.56. The Morgan fingerprint density at radius 1 is 0.962 bits per heavy atom. The third-order valence-electron chi connectivity index (χ3n) is 3.95. The highest BCUT2D eigenvalue weighted by Crippen LogP contribution is 2.21. The van der Waals surface area contributed by atoms with Crippen LogP contribution >= 0.6 is 11.6 Å². The van der Waals surface area contributed by atoms with E-state index in [1.54, 1.807) is 18.2 Å². The average molecular weight is 383 g/mol. The summed E-state index contributed by atoms with van der Waals surface area (Å²) in [4.78, 5) is 23.3. The topological polar surface area (TPSA) is 52.6 Å². The molecule has 0 radical (unpaired) electrons. The third-order valence-corrected chi connectivity index (χ3v) is 4.37. The van der Waals surface area contributed by atoms with Crippen molar-refractivity contribution in [1.82, 2.24) is 0 Å². The molecular formula is C21H31ClO4. The summed E-state index contributed by atoms with van der Waals surface area (Å²) in [5.74, 6) is 0.620. The predicted octanol–water partition coefficient (Wildman–Crippen LogP) is 5.87. The lowest BCUT2D eigenvalue weighted by molar-refractivity contribution is -0.144. The number of hydrogen-bond acceptors (Lipinski definition) is 4. The molecule has 0 bridgehead atoms. The first kappa shape index (κ1) is 22.5. The minimum Gasteiger partial charge on any atom is -0.465 e. The highest BCUT2D eigenvalue weighted by atomic mass is 35.5. The van der Waals surface area contributed by atoms with Crippen LogP contribution in [0.1, 0.15) is 70.8 Å². The van der Waals surface area contributed by atoms with E-state index in [1.165, 1.54) is 0 Å². The van der Waals surface area contributed by atoms with Gasteiger partial charge in [0.1, 0.15) is 5.75 Å². The molecule has 0 N–H and O–H groups in total. The Morgan fingerprint density at radius 3 is 2.12 bits per heavy atom. The van der Waals surface area contributed by atoms with E-state index in [1.807, 2.05) is 20.8 Å². The average Bonchev–Trinajstić information content (AvgIpc) is 2.58.